The molecule has 5 heteroatoms. The van der Waals surface area contributed by atoms with Crippen molar-refractivity contribution in [3.8, 4) is 0 Å². The molecule has 0 amide bonds. The first-order valence-electron chi connectivity index (χ1n) is 4.88. The van der Waals surface area contributed by atoms with E-state index in [0.29, 0.717) is 6.04 Å². The first kappa shape index (κ1) is 12.2. The van der Waals surface area contributed by atoms with Gasteiger partial charge < -0.3 is 10.1 Å². The monoisotopic (exact) mass is 229 g/mol. The Labute approximate surface area is 95.0 Å². The third-order valence-corrected chi connectivity index (χ3v) is 2.15. The van der Waals surface area contributed by atoms with Crippen LogP contribution in [0.4, 0.5) is 5.82 Å². The van der Waals surface area contributed by atoms with Gasteiger partial charge >= 0.3 is 0 Å². The quantitative estimate of drug-likeness (QED) is 0.787. The summed E-state index contributed by atoms with van der Waals surface area (Å²) in [6.07, 6.45) is 0.928. The van der Waals surface area contributed by atoms with Gasteiger partial charge in [0, 0.05) is 31.5 Å². The molecule has 0 bridgehead atoms. The summed E-state index contributed by atoms with van der Waals surface area (Å²) in [6.45, 7) is 4.69. The van der Waals surface area contributed by atoms with Crippen LogP contribution < -0.4 is 5.32 Å². The lowest BCUT2D eigenvalue weighted by Crippen LogP contribution is -2.18. The molecule has 1 heterocycles. The lowest BCUT2D eigenvalue weighted by Gasteiger charge is -2.14. The van der Waals surface area contributed by atoms with E-state index in [9.17, 15) is 0 Å². The van der Waals surface area contributed by atoms with Crippen LogP contribution in [0.1, 0.15) is 19.0 Å². The summed E-state index contributed by atoms with van der Waals surface area (Å²) < 4.78 is 5.00. The van der Waals surface area contributed by atoms with Crippen LogP contribution in [0.3, 0.4) is 0 Å². The Morgan fingerprint density at radius 2 is 2.27 bits per heavy atom. The Hall–Kier alpha value is -0.870. The van der Waals surface area contributed by atoms with E-state index in [0.717, 1.165) is 24.5 Å². The summed E-state index contributed by atoms with van der Waals surface area (Å²) in [5.41, 5.74) is 0.858. The second-order valence-corrected chi connectivity index (χ2v) is 3.83. The number of anilines is 1. The van der Waals surface area contributed by atoms with Crippen LogP contribution in [0.25, 0.3) is 0 Å². The Morgan fingerprint density at radius 1 is 1.53 bits per heavy atom. The Kier molecular flexibility index (Phi) is 4.78. The number of methoxy groups -OCH3 is 1. The number of aromatic nitrogens is 2. The summed E-state index contributed by atoms with van der Waals surface area (Å²) in [6, 6.07) is 2.17. The van der Waals surface area contributed by atoms with Crippen molar-refractivity contribution in [3.05, 3.63) is 17.0 Å². The van der Waals surface area contributed by atoms with Crippen molar-refractivity contribution in [3.63, 3.8) is 0 Å². The smallest absolute Gasteiger partial charge is 0.224 e. The fourth-order valence-electron chi connectivity index (χ4n) is 1.23. The van der Waals surface area contributed by atoms with Crippen molar-refractivity contribution in [1.29, 1.82) is 0 Å². The highest BCUT2D eigenvalue weighted by molar-refractivity contribution is 6.28. The molecule has 0 spiro atoms. The van der Waals surface area contributed by atoms with Crippen molar-refractivity contribution < 1.29 is 4.74 Å². The van der Waals surface area contributed by atoms with Gasteiger partial charge in [-0.05, 0) is 31.9 Å². The highest BCUT2D eigenvalue weighted by atomic mass is 35.5. The molecule has 0 aliphatic heterocycles. The van der Waals surface area contributed by atoms with Crippen LogP contribution in [0.5, 0.6) is 0 Å². The van der Waals surface area contributed by atoms with E-state index >= 15 is 0 Å². The fourth-order valence-corrected chi connectivity index (χ4v) is 1.45. The first-order chi connectivity index (χ1) is 7.11. The molecule has 4 nitrogen and oxygen atoms in total. The van der Waals surface area contributed by atoms with Gasteiger partial charge in [-0.25, -0.2) is 9.97 Å². The van der Waals surface area contributed by atoms with Gasteiger partial charge in [0.05, 0.1) is 0 Å². The zero-order chi connectivity index (χ0) is 11.3. The minimum absolute atomic E-state index is 0.274. The first-order valence-corrected chi connectivity index (χ1v) is 5.26. The van der Waals surface area contributed by atoms with Crippen LogP contribution in [0.15, 0.2) is 6.07 Å². The number of rotatable bonds is 5. The predicted octanol–water partition coefficient (Wildman–Crippen LogP) is 2.28. The van der Waals surface area contributed by atoms with E-state index in [1.807, 2.05) is 13.0 Å². The molecule has 0 radical (unpaired) electrons. The number of aryl methyl sites for hydroxylation is 1. The normalized spacial score (nSPS) is 12.5. The number of halogens is 1. The van der Waals surface area contributed by atoms with Gasteiger partial charge in [-0.15, -0.1) is 0 Å². The molecule has 1 atom stereocenters. The molecule has 84 valence electrons. The van der Waals surface area contributed by atoms with E-state index < -0.39 is 0 Å². The summed E-state index contributed by atoms with van der Waals surface area (Å²) in [5.74, 6) is 0.760. The molecule has 0 saturated heterocycles. The van der Waals surface area contributed by atoms with Crippen LogP contribution in [-0.4, -0.2) is 29.7 Å². The molecule has 1 N–H and O–H groups in total. The van der Waals surface area contributed by atoms with E-state index in [1.165, 1.54) is 0 Å². The average molecular weight is 230 g/mol. The molecular weight excluding hydrogens is 214 g/mol. The van der Waals surface area contributed by atoms with Gasteiger partial charge in [0.15, 0.2) is 0 Å². The largest absolute Gasteiger partial charge is 0.385 e. The fraction of sp³-hybridized carbons (Fsp3) is 0.600. The molecule has 0 saturated carbocycles. The summed E-state index contributed by atoms with van der Waals surface area (Å²) in [7, 11) is 1.69. The summed E-state index contributed by atoms with van der Waals surface area (Å²) in [5, 5.41) is 3.52. The van der Waals surface area contributed by atoms with Crippen molar-refractivity contribution in [1.82, 2.24) is 9.97 Å². The van der Waals surface area contributed by atoms with Gasteiger partial charge in [0.2, 0.25) is 5.28 Å². The summed E-state index contributed by atoms with van der Waals surface area (Å²) >= 11 is 5.75. The third-order valence-electron chi connectivity index (χ3n) is 1.98. The second kappa shape index (κ2) is 5.88. The maximum Gasteiger partial charge on any atom is 0.224 e. The maximum absolute atomic E-state index is 5.75. The third kappa shape index (κ3) is 4.44. The standard InChI is InChI=1S/C10H16ClN3O/c1-7(4-5-15-3)12-9-6-8(2)13-10(11)14-9/h6-7H,4-5H2,1-3H3,(H,12,13,14). The molecule has 1 unspecified atom stereocenters. The van der Waals surface area contributed by atoms with Crippen LogP contribution in [-0.2, 0) is 4.74 Å². The molecule has 0 aliphatic rings. The van der Waals surface area contributed by atoms with Crippen LogP contribution >= 0.6 is 11.6 Å². The Bertz CT molecular complexity index is 299. The second-order valence-electron chi connectivity index (χ2n) is 3.49. The number of hydrogen-bond acceptors (Lipinski definition) is 4. The minimum Gasteiger partial charge on any atom is -0.385 e. The number of hydrogen-bond donors (Lipinski definition) is 1. The van der Waals surface area contributed by atoms with Crippen molar-refractivity contribution in [2.45, 2.75) is 26.3 Å². The summed E-state index contributed by atoms with van der Waals surface area (Å²) in [4.78, 5) is 8.08. The van der Waals surface area contributed by atoms with Crippen molar-refractivity contribution >= 4 is 17.4 Å². The zero-order valence-electron chi connectivity index (χ0n) is 9.25. The minimum atomic E-state index is 0.274. The Balaban J connectivity index is 2.56. The number of nitrogens with zero attached hydrogens (tertiary/aromatic N) is 2. The van der Waals surface area contributed by atoms with E-state index in [4.69, 9.17) is 16.3 Å². The van der Waals surface area contributed by atoms with Crippen molar-refractivity contribution in [2.75, 3.05) is 19.0 Å². The van der Waals surface area contributed by atoms with Gasteiger partial charge in [-0.1, -0.05) is 0 Å². The zero-order valence-corrected chi connectivity index (χ0v) is 10.0. The molecule has 0 aliphatic carbocycles. The molecular formula is C10H16ClN3O. The molecule has 15 heavy (non-hydrogen) atoms. The van der Waals surface area contributed by atoms with Gasteiger partial charge in [0.25, 0.3) is 0 Å². The molecule has 1 rings (SSSR count). The van der Waals surface area contributed by atoms with Gasteiger partial charge in [-0.3, -0.25) is 0 Å². The van der Waals surface area contributed by atoms with Crippen LogP contribution in [0, 0.1) is 6.92 Å². The highest BCUT2D eigenvalue weighted by Gasteiger charge is 2.04. The SMILES string of the molecule is COCCC(C)Nc1cc(C)nc(Cl)n1. The van der Waals surface area contributed by atoms with E-state index in [1.54, 1.807) is 7.11 Å². The number of nitrogens with one attached hydrogen (secondary N) is 1. The Morgan fingerprint density at radius 3 is 2.87 bits per heavy atom. The molecule has 0 fully saturated rings. The van der Waals surface area contributed by atoms with E-state index in [-0.39, 0.29) is 5.28 Å². The van der Waals surface area contributed by atoms with Gasteiger partial charge in [-0.2, -0.15) is 0 Å². The molecule has 1 aromatic rings. The molecule has 1 aromatic heterocycles. The van der Waals surface area contributed by atoms with Crippen molar-refractivity contribution in [2.24, 2.45) is 0 Å². The lowest BCUT2D eigenvalue weighted by molar-refractivity contribution is 0.191. The number of ether oxygens (including phenoxy) is 1. The lowest BCUT2D eigenvalue weighted by atomic mass is 10.2. The molecule has 0 aromatic carbocycles. The highest BCUT2D eigenvalue weighted by Crippen LogP contribution is 2.11. The van der Waals surface area contributed by atoms with Gasteiger partial charge in [0.1, 0.15) is 5.82 Å². The topological polar surface area (TPSA) is 47.0 Å². The van der Waals surface area contributed by atoms with E-state index in [2.05, 4.69) is 22.2 Å². The average Bonchev–Trinajstić information content (AvgIpc) is 2.13. The maximum atomic E-state index is 5.75. The predicted molar refractivity (Wildman–Crippen MR) is 61.4 cm³/mol. The van der Waals surface area contributed by atoms with Crippen LogP contribution in [0.2, 0.25) is 5.28 Å².